The molecule has 0 N–H and O–H groups in total. The number of unbranched alkanes of at least 4 members (excludes halogenated alkanes) is 1. The molecule has 0 spiro atoms. The molecule has 1 aromatic heterocycles. The molecule has 1 aliphatic heterocycles. The van der Waals surface area contributed by atoms with Crippen LogP contribution in [-0.4, -0.2) is 35.3 Å². The van der Waals surface area contributed by atoms with Crippen LogP contribution in [0.2, 0.25) is 0 Å². The van der Waals surface area contributed by atoms with Crippen LogP contribution in [0.25, 0.3) is 0 Å². The van der Waals surface area contributed by atoms with Crippen molar-refractivity contribution in [2.45, 2.75) is 52.6 Å². The maximum atomic E-state index is 13.2. The molecule has 0 saturated carbocycles. The topological polar surface area (TPSA) is 36.7 Å². The Kier molecular flexibility index (Phi) is 7.11. The number of benzene rings is 1. The van der Waals surface area contributed by atoms with Crippen LogP contribution >= 0.6 is 0 Å². The molecule has 0 radical (unpaired) electrons. The lowest BCUT2D eigenvalue weighted by atomic mass is 9.94. The second kappa shape index (κ2) is 9.75. The van der Waals surface area contributed by atoms with Gasteiger partial charge in [0.2, 0.25) is 5.91 Å². The third-order valence-electron chi connectivity index (χ3n) is 5.42. The third kappa shape index (κ3) is 5.70. The SMILES string of the molecule is CCCCN(Cc1ccccc1)C(=O)C1CCN(Cc2ccc(C)o2)CC1. The van der Waals surface area contributed by atoms with Crippen LogP contribution in [0.4, 0.5) is 0 Å². The average Bonchev–Trinajstić information content (AvgIpc) is 3.10. The summed E-state index contributed by atoms with van der Waals surface area (Å²) >= 11 is 0. The van der Waals surface area contributed by atoms with Gasteiger partial charge in [0, 0.05) is 19.0 Å². The maximum Gasteiger partial charge on any atom is 0.226 e. The Morgan fingerprint density at radius 2 is 1.89 bits per heavy atom. The Hall–Kier alpha value is -2.07. The number of furan rings is 1. The van der Waals surface area contributed by atoms with Gasteiger partial charge in [-0.15, -0.1) is 0 Å². The van der Waals surface area contributed by atoms with Gasteiger partial charge in [-0.05, 0) is 57.0 Å². The highest BCUT2D eigenvalue weighted by Gasteiger charge is 2.28. The third-order valence-corrected chi connectivity index (χ3v) is 5.42. The monoisotopic (exact) mass is 368 g/mol. The van der Waals surface area contributed by atoms with E-state index in [2.05, 4.69) is 34.9 Å². The fourth-order valence-electron chi connectivity index (χ4n) is 3.81. The summed E-state index contributed by atoms with van der Waals surface area (Å²) in [4.78, 5) is 17.6. The number of aryl methyl sites for hydroxylation is 1. The van der Waals surface area contributed by atoms with Gasteiger partial charge in [-0.2, -0.15) is 0 Å². The number of amides is 1. The smallest absolute Gasteiger partial charge is 0.226 e. The number of piperidine rings is 1. The fraction of sp³-hybridized carbons (Fsp3) is 0.522. The summed E-state index contributed by atoms with van der Waals surface area (Å²) < 4.78 is 5.69. The van der Waals surface area contributed by atoms with E-state index in [9.17, 15) is 4.79 Å². The molecule has 146 valence electrons. The Labute approximate surface area is 163 Å². The van der Waals surface area contributed by atoms with Crippen molar-refractivity contribution in [3.05, 3.63) is 59.5 Å². The molecule has 0 bridgehead atoms. The van der Waals surface area contributed by atoms with Crippen LogP contribution in [0, 0.1) is 12.8 Å². The summed E-state index contributed by atoms with van der Waals surface area (Å²) in [6, 6.07) is 14.4. The molecular formula is C23H32N2O2. The summed E-state index contributed by atoms with van der Waals surface area (Å²) in [6.07, 6.45) is 4.06. The van der Waals surface area contributed by atoms with Gasteiger partial charge in [-0.25, -0.2) is 0 Å². The minimum Gasteiger partial charge on any atom is -0.465 e. The Balaban J connectivity index is 1.54. The molecule has 0 aliphatic carbocycles. The molecule has 1 aromatic carbocycles. The first-order chi connectivity index (χ1) is 13.2. The highest BCUT2D eigenvalue weighted by Crippen LogP contribution is 2.23. The number of hydrogen-bond acceptors (Lipinski definition) is 3. The van der Waals surface area contributed by atoms with Gasteiger partial charge < -0.3 is 9.32 Å². The predicted octanol–water partition coefficient (Wildman–Crippen LogP) is 4.63. The molecule has 1 fully saturated rings. The number of rotatable bonds is 8. The summed E-state index contributed by atoms with van der Waals surface area (Å²) in [5, 5.41) is 0. The highest BCUT2D eigenvalue weighted by molar-refractivity contribution is 5.79. The zero-order valence-electron chi connectivity index (χ0n) is 16.7. The number of likely N-dealkylation sites (tertiary alicyclic amines) is 1. The van der Waals surface area contributed by atoms with Crippen molar-refractivity contribution < 1.29 is 9.21 Å². The Morgan fingerprint density at radius 3 is 2.52 bits per heavy atom. The molecule has 1 saturated heterocycles. The number of carbonyl (C=O) groups is 1. The van der Waals surface area contributed by atoms with Gasteiger partial charge in [0.15, 0.2) is 0 Å². The van der Waals surface area contributed by atoms with Crippen molar-refractivity contribution in [1.29, 1.82) is 0 Å². The Bertz CT molecular complexity index is 702. The van der Waals surface area contributed by atoms with Gasteiger partial charge >= 0.3 is 0 Å². The molecule has 0 atom stereocenters. The van der Waals surface area contributed by atoms with Crippen LogP contribution in [0.15, 0.2) is 46.9 Å². The lowest BCUT2D eigenvalue weighted by Crippen LogP contribution is -2.42. The van der Waals surface area contributed by atoms with E-state index in [0.29, 0.717) is 5.91 Å². The van der Waals surface area contributed by atoms with Crippen LogP contribution in [0.5, 0.6) is 0 Å². The van der Waals surface area contributed by atoms with Gasteiger partial charge in [0.25, 0.3) is 0 Å². The quantitative estimate of drug-likeness (QED) is 0.682. The summed E-state index contributed by atoms with van der Waals surface area (Å²) in [7, 11) is 0. The molecule has 3 rings (SSSR count). The second-order valence-electron chi connectivity index (χ2n) is 7.66. The largest absolute Gasteiger partial charge is 0.465 e. The first kappa shape index (κ1) is 19.7. The molecule has 2 heterocycles. The molecular weight excluding hydrogens is 336 g/mol. The summed E-state index contributed by atoms with van der Waals surface area (Å²) in [6.45, 7) is 8.51. The van der Waals surface area contributed by atoms with Crippen LogP contribution < -0.4 is 0 Å². The first-order valence-electron chi connectivity index (χ1n) is 10.3. The molecule has 1 aliphatic rings. The standard InChI is InChI=1S/C23H32N2O2/c1-3-4-14-25(17-20-8-6-5-7-9-20)23(26)21-12-15-24(16-13-21)18-22-11-10-19(2)27-22/h5-11,21H,3-4,12-18H2,1-2H3. The van der Waals surface area contributed by atoms with Crippen LogP contribution in [0.1, 0.15) is 49.7 Å². The van der Waals surface area contributed by atoms with Crippen molar-refractivity contribution in [3.8, 4) is 0 Å². The molecule has 1 amide bonds. The van der Waals surface area contributed by atoms with E-state index >= 15 is 0 Å². The van der Waals surface area contributed by atoms with Crippen molar-refractivity contribution in [2.75, 3.05) is 19.6 Å². The van der Waals surface area contributed by atoms with Gasteiger partial charge in [0.1, 0.15) is 11.5 Å². The zero-order chi connectivity index (χ0) is 19.1. The maximum absolute atomic E-state index is 13.2. The Morgan fingerprint density at radius 1 is 1.15 bits per heavy atom. The number of carbonyl (C=O) groups excluding carboxylic acids is 1. The normalized spacial score (nSPS) is 15.8. The lowest BCUT2D eigenvalue weighted by Gasteiger charge is -2.34. The minimum absolute atomic E-state index is 0.153. The second-order valence-corrected chi connectivity index (χ2v) is 7.66. The van der Waals surface area contributed by atoms with E-state index < -0.39 is 0 Å². The van der Waals surface area contributed by atoms with Crippen LogP contribution in [-0.2, 0) is 17.9 Å². The van der Waals surface area contributed by atoms with Crippen molar-refractivity contribution in [1.82, 2.24) is 9.80 Å². The number of nitrogens with zero attached hydrogens (tertiary/aromatic N) is 2. The van der Waals surface area contributed by atoms with Gasteiger partial charge in [-0.3, -0.25) is 9.69 Å². The van der Waals surface area contributed by atoms with E-state index in [1.807, 2.05) is 31.2 Å². The van der Waals surface area contributed by atoms with Crippen molar-refractivity contribution in [2.24, 2.45) is 5.92 Å². The minimum atomic E-state index is 0.153. The van der Waals surface area contributed by atoms with E-state index in [4.69, 9.17) is 4.42 Å². The van der Waals surface area contributed by atoms with Crippen molar-refractivity contribution in [3.63, 3.8) is 0 Å². The predicted molar refractivity (Wildman–Crippen MR) is 108 cm³/mol. The summed E-state index contributed by atoms with van der Waals surface area (Å²) in [5.74, 6) is 2.47. The van der Waals surface area contributed by atoms with Gasteiger partial charge in [-0.1, -0.05) is 43.7 Å². The molecule has 0 unspecified atom stereocenters. The van der Waals surface area contributed by atoms with Gasteiger partial charge in [0.05, 0.1) is 6.54 Å². The summed E-state index contributed by atoms with van der Waals surface area (Å²) in [5.41, 5.74) is 1.22. The first-order valence-corrected chi connectivity index (χ1v) is 10.3. The van der Waals surface area contributed by atoms with E-state index in [1.54, 1.807) is 0 Å². The van der Waals surface area contributed by atoms with Crippen LogP contribution in [0.3, 0.4) is 0 Å². The molecule has 4 nitrogen and oxygen atoms in total. The lowest BCUT2D eigenvalue weighted by molar-refractivity contribution is -0.137. The van der Waals surface area contributed by atoms with E-state index in [0.717, 1.165) is 69.9 Å². The molecule has 4 heteroatoms. The molecule has 2 aromatic rings. The number of hydrogen-bond donors (Lipinski definition) is 0. The van der Waals surface area contributed by atoms with E-state index in [1.165, 1.54) is 5.56 Å². The highest BCUT2D eigenvalue weighted by atomic mass is 16.3. The van der Waals surface area contributed by atoms with Crippen molar-refractivity contribution >= 4 is 5.91 Å². The average molecular weight is 369 g/mol. The van der Waals surface area contributed by atoms with E-state index in [-0.39, 0.29) is 5.92 Å². The zero-order valence-corrected chi connectivity index (χ0v) is 16.7. The molecule has 27 heavy (non-hydrogen) atoms. The fourth-order valence-corrected chi connectivity index (χ4v) is 3.81.